The molecule has 0 radical (unpaired) electrons. The van der Waals surface area contributed by atoms with Crippen molar-refractivity contribution in [2.45, 2.75) is 98.9 Å². The van der Waals surface area contributed by atoms with Gasteiger partial charge in [-0.2, -0.15) is 0 Å². The Hall–Kier alpha value is -0.191. The van der Waals surface area contributed by atoms with E-state index in [1.807, 2.05) is 20.8 Å². The van der Waals surface area contributed by atoms with Crippen molar-refractivity contribution in [1.82, 2.24) is 4.90 Å². The Bertz CT molecular complexity index is 353. The summed E-state index contributed by atoms with van der Waals surface area (Å²) >= 11 is -2.28. The summed E-state index contributed by atoms with van der Waals surface area (Å²) in [5.74, 6) is 0. The van der Waals surface area contributed by atoms with Crippen LogP contribution >= 0.6 is 0 Å². The van der Waals surface area contributed by atoms with E-state index in [1.54, 1.807) is 4.90 Å². The molecule has 0 aliphatic rings. The number of rotatable bonds is 12. The van der Waals surface area contributed by atoms with Crippen LogP contribution in [0, 0.1) is 0 Å². The van der Waals surface area contributed by atoms with Gasteiger partial charge in [0.05, 0.1) is 0 Å². The van der Waals surface area contributed by atoms with Crippen molar-refractivity contribution in [3.63, 3.8) is 0 Å². The summed E-state index contributed by atoms with van der Waals surface area (Å²) in [7, 11) is 0. The third kappa shape index (κ3) is 9.33. The number of hydrogen-bond acceptors (Lipinski definition) is 1. The third-order valence-electron chi connectivity index (χ3n) is 4.88. The SMILES string of the molecule is CCC[CH2][Sn](/[CH]=C/CN(C(=O)O)C(C)(C)C)([CH2]CCC)[CH2]CCC. The molecule has 0 fully saturated rings. The second kappa shape index (κ2) is 12.2. The fourth-order valence-corrected chi connectivity index (χ4v) is 17.6. The Morgan fingerprint density at radius 2 is 1.38 bits per heavy atom. The van der Waals surface area contributed by atoms with Crippen LogP contribution in [0.4, 0.5) is 4.79 Å². The van der Waals surface area contributed by atoms with Gasteiger partial charge in [0.15, 0.2) is 0 Å². The van der Waals surface area contributed by atoms with Crippen LogP contribution in [0.5, 0.6) is 0 Å². The molecule has 1 N–H and O–H groups in total. The molecule has 1 amide bonds. The van der Waals surface area contributed by atoms with Crippen LogP contribution in [0.15, 0.2) is 10.2 Å². The first kappa shape index (κ1) is 23.8. The Kier molecular flexibility index (Phi) is 12.1. The van der Waals surface area contributed by atoms with Crippen molar-refractivity contribution in [1.29, 1.82) is 0 Å². The van der Waals surface area contributed by atoms with Gasteiger partial charge in [-0.15, -0.1) is 0 Å². The third-order valence-corrected chi connectivity index (χ3v) is 19.1. The monoisotopic (exact) mass is 447 g/mol. The van der Waals surface area contributed by atoms with Crippen LogP contribution in [-0.4, -0.2) is 46.6 Å². The summed E-state index contributed by atoms with van der Waals surface area (Å²) < 4.78 is 6.87. The molecule has 0 saturated heterocycles. The Morgan fingerprint density at radius 3 is 1.67 bits per heavy atom. The number of carbonyl (C=O) groups is 1. The van der Waals surface area contributed by atoms with Crippen molar-refractivity contribution in [3.05, 3.63) is 10.2 Å². The molecule has 3 nitrogen and oxygen atoms in total. The second-order valence-electron chi connectivity index (χ2n) is 8.14. The Labute approximate surface area is 154 Å². The summed E-state index contributed by atoms with van der Waals surface area (Å²) in [6, 6.07) is 0. The van der Waals surface area contributed by atoms with Gasteiger partial charge in [0.1, 0.15) is 0 Å². The van der Waals surface area contributed by atoms with Crippen molar-refractivity contribution in [2.24, 2.45) is 0 Å². The van der Waals surface area contributed by atoms with Crippen LogP contribution in [0.25, 0.3) is 0 Å². The molecule has 0 heterocycles. The summed E-state index contributed by atoms with van der Waals surface area (Å²) in [6.45, 7) is 13.3. The van der Waals surface area contributed by atoms with Gasteiger partial charge in [-0.25, -0.2) is 0 Å². The van der Waals surface area contributed by atoms with Crippen molar-refractivity contribution in [3.8, 4) is 0 Å². The van der Waals surface area contributed by atoms with E-state index in [-0.39, 0.29) is 5.54 Å². The molecule has 0 bridgehead atoms. The van der Waals surface area contributed by atoms with Gasteiger partial charge in [-0.05, 0) is 0 Å². The molecule has 24 heavy (non-hydrogen) atoms. The van der Waals surface area contributed by atoms with Crippen LogP contribution in [0.3, 0.4) is 0 Å². The van der Waals surface area contributed by atoms with Crippen molar-refractivity contribution in [2.75, 3.05) is 6.54 Å². The molecular formula is C20H41NO2Sn. The van der Waals surface area contributed by atoms with E-state index in [0.717, 1.165) is 0 Å². The fourth-order valence-electron chi connectivity index (χ4n) is 3.26. The Balaban J connectivity index is 5.19. The minimum absolute atomic E-state index is 0.343. The molecule has 4 heteroatoms. The summed E-state index contributed by atoms with van der Waals surface area (Å²) in [4.78, 5) is 13.1. The Morgan fingerprint density at radius 1 is 0.958 bits per heavy atom. The molecule has 0 aromatic heterocycles. The average molecular weight is 446 g/mol. The van der Waals surface area contributed by atoms with Gasteiger partial charge in [0.25, 0.3) is 0 Å². The number of carboxylic acid groups (broad SMARTS) is 1. The molecular weight excluding hydrogens is 405 g/mol. The van der Waals surface area contributed by atoms with Crippen molar-refractivity contribution < 1.29 is 9.90 Å². The average Bonchev–Trinajstić information content (AvgIpc) is 2.50. The van der Waals surface area contributed by atoms with E-state index < -0.39 is 24.5 Å². The van der Waals surface area contributed by atoms with Crippen molar-refractivity contribution >= 4 is 24.5 Å². The van der Waals surface area contributed by atoms with E-state index in [0.29, 0.717) is 6.54 Å². The summed E-state index contributed by atoms with van der Waals surface area (Å²) in [6.07, 6.45) is 9.23. The van der Waals surface area contributed by atoms with Gasteiger partial charge in [-0.1, -0.05) is 0 Å². The molecule has 0 unspecified atom stereocenters. The minimum atomic E-state index is -2.28. The predicted octanol–water partition coefficient (Wildman–Crippen LogP) is 6.71. The topological polar surface area (TPSA) is 40.5 Å². The molecule has 0 aromatic rings. The van der Waals surface area contributed by atoms with Crippen LogP contribution < -0.4 is 0 Å². The zero-order valence-electron chi connectivity index (χ0n) is 17.0. The van der Waals surface area contributed by atoms with E-state index in [9.17, 15) is 9.90 Å². The first-order valence-electron chi connectivity index (χ1n) is 9.90. The van der Waals surface area contributed by atoms with E-state index in [2.05, 4.69) is 30.9 Å². The van der Waals surface area contributed by atoms with Crippen LogP contribution in [-0.2, 0) is 0 Å². The first-order chi connectivity index (χ1) is 11.2. The van der Waals surface area contributed by atoms with Gasteiger partial charge >= 0.3 is 155 Å². The zero-order valence-corrected chi connectivity index (χ0v) is 19.9. The van der Waals surface area contributed by atoms with Gasteiger partial charge in [0.2, 0.25) is 0 Å². The van der Waals surface area contributed by atoms with E-state index in [4.69, 9.17) is 0 Å². The summed E-state index contributed by atoms with van der Waals surface area (Å²) in [5, 5.41) is 9.47. The number of unbranched alkanes of at least 4 members (excludes halogenated alkanes) is 3. The second-order valence-corrected chi connectivity index (χ2v) is 21.1. The fraction of sp³-hybridized carbons (Fsp3) is 0.850. The van der Waals surface area contributed by atoms with Crippen LogP contribution in [0.1, 0.15) is 80.1 Å². The zero-order chi connectivity index (χ0) is 18.6. The molecule has 0 spiro atoms. The maximum absolute atomic E-state index is 11.5. The quantitative estimate of drug-likeness (QED) is 0.339. The molecule has 0 rings (SSSR count). The number of hydrogen-bond donors (Lipinski definition) is 1. The molecule has 0 atom stereocenters. The number of amides is 1. The standard InChI is InChI=1S/C8H14NO2.3C4H9.Sn/c1-5-6-9(7(10)11)8(2,3)4;3*1-3-4-2;/h1,5H,6H2,2-4H3,(H,10,11);3*1,3-4H2,2H3;. The van der Waals surface area contributed by atoms with Gasteiger partial charge in [-0.3, -0.25) is 0 Å². The molecule has 142 valence electrons. The predicted molar refractivity (Wildman–Crippen MR) is 109 cm³/mol. The first-order valence-corrected chi connectivity index (χ1v) is 17.6. The number of nitrogens with zero attached hydrogens (tertiary/aromatic N) is 1. The molecule has 0 aliphatic heterocycles. The molecule has 0 saturated carbocycles. The van der Waals surface area contributed by atoms with E-state index in [1.165, 1.54) is 51.8 Å². The normalized spacial score (nSPS) is 12.8. The van der Waals surface area contributed by atoms with E-state index >= 15 is 0 Å². The van der Waals surface area contributed by atoms with Gasteiger partial charge in [0, 0.05) is 0 Å². The van der Waals surface area contributed by atoms with Crippen LogP contribution in [0.2, 0.25) is 13.3 Å². The maximum atomic E-state index is 11.5. The van der Waals surface area contributed by atoms with Gasteiger partial charge < -0.3 is 0 Å². The molecule has 0 aliphatic carbocycles. The molecule has 0 aromatic carbocycles. The summed E-state index contributed by atoms with van der Waals surface area (Å²) in [5.41, 5.74) is -0.343.